The summed E-state index contributed by atoms with van der Waals surface area (Å²) in [4.78, 5) is 28.0. The maximum Gasteiger partial charge on any atom is 0.257 e. The number of anilines is 3. The van der Waals surface area contributed by atoms with Gasteiger partial charge in [-0.25, -0.2) is 4.98 Å². The number of carbonyl (C=O) groups is 2. The van der Waals surface area contributed by atoms with Gasteiger partial charge in [-0.15, -0.1) is 0 Å². The summed E-state index contributed by atoms with van der Waals surface area (Å²) in [5.74, 6) is 0.299. The van der Waals surface area contributed by atoms with Crippen LogP contribution in [0.15, 0.2) is 66.9 Å². The van der Waals surface area contributed by atoms with E-state index in [0.29, 0.717) is 16.9 Å². The molecule has 0 aliphatic rings. The lowest BCUT2D eigenvalue weighted by atomic mass is 10.1. The third-order valence-corrected chi connectivity index (χ3v) is 3.95. The van der Waals surface area contributed by atoms with Gasteiger partial charge in [-0.1, -0.05) is 30.3 Å². The number of ketones is 1. The maximum absolute atomic E-state index is 12.3. The van der Waals surface area contributed by atoms with Crippen molar-refractivity contribution in [3.63, 3.8) is 0 Å². The van der Waals surface area contributed by atoms with Gasteiger partial charge in [-0.05, 0) is 49.7 Å². The van der Waals surface area contributed by atoms with E-state index >= 15 is 0 Å². The Balaban J connectivity index is 1.69. The highest BCUT2D eigenvalue weighted by Crippen LogP contribution is 2.19. The molecule has 0 spiro atoms. The largest absolute Gasteiger partial charge is 0.354 e. The predicted octanol–water partition coefficient (Wildman–Crippen LogP) is 4.59. The zero-order valence-electron chi connectivity index (χ0n) is 14.6. The van der Waals surface area contributed by atoms with Crippen LogP contribution in [0, 0.1) is 6.92 Å². The molecule has 3 aromatic rings. The van der Waals surface area contributed by atoms with E-state index in [0.717, 1.165) is 16.9 Å². The number of nitrogens with zero attached hydrogens (tertiary/aromatic N) is 1. The first-order valence-corrected chi connectivity index (χ1v) is 8.24. The molecular formula is C21H19N3O2. The molecule has 2 N–H and O–H groups in total. The first-order chi connectivity index (χ1) is 12.5. The van der Waals surface area contributed by atoms with Crippen LogP contribution in [0.2, 0.25) is 0 Å². The number of nitrogens with one attached hydrogen (secondary N) is 2. The minimum absolute atomic E-state index is 0.0149. The highest BCUT2D eigenvalue weighted by molar-refractivity contribution is 6.04. The van der Waals surface area contributed by atoms with E-state index in [4.69, 9.17) is 0 Å². The third-order valence-electron chi connectivity index (χ3n) is 3.95. The quantitative estimate of drug-likeness (QED) is 0.664. The lowest BCUT2D eigenvalue weighted by molar-refractivity contribution is 0.101. The Morgan fingerprint density at radius 1 is 0.923 bits per heavy atom. The van der Waals surface area contributed by atoms with E-state index in [1.54, 1.807) is 30.5 Å². The molecule has 2 aromatic carbocycles. The zero-order chi connectivity index (χ0) is 18.5. The first kappa shape index (κ1) is 17.4. The molecule has 1 heterocycles. The molecule has 0 unspecified atom stereocenters. The van der Waals surface area contributed by atoms with Crippen LogP contribution in [0.3, 0.4) is 0 Å². The van der Waals surface area contributed by atoms with Gasteiger partial charge in [0.15, 0.2) is 5.78 Å². The third kappa shape index (κ3) is 4.13. The molecule has 1 aromatic heterocycles. The van der Waals surface area contributed by atoms with Gasteiger partial charge >= 0.3 is 0 Å². The van der Waals surface area contributed by atoms with Gasteiger partial charge in [0.25, 0.3) is 5.91 Å². The van der Waals surface area contributed by atoms with E-state index in [9.17, 15) is 9.59 Å². The molecule has 0 radical (unpaired) electrons. The van der Waals surface area contributed by atoms with Crippen LogP contribution < -0.4 is 10.6 Å². The summed E-state index contributed by atoms with van der Waals surface area (Å²) in [7, 11) is 0. The molecule has 5 nitrogen and oxygen atoms in total. The van der Waals surface area contributed by atoms with Crippen molar-refractivity contribution in [2.75, 3.05) is 10.6 Å². The standard InChI is InChI=1S/C21H19N3O2/c1-14-6-3-4-9-19(14)21(26)24-20-11-10-18(13-22-20)23-17-8-5-7-16(12-17)15(2)25/h3-13,23H,1-2H3,(H,22,24,26). The SMILES string of the molecule is CC(=O)c1cccc(Nc2ccc(NC(=O)c3ccccc3C)nc2)c1. The molecule has 0 aliphatic heterocycles. The van der Waals surface area contributed by atoms with Crippen LogP contribution in [0.5, 0.6) is 0 Å². The van der Waals surface area contributed by atoms with Gasteiger partial charge in [0.2, 0.25) is 0 Å². The van der Waals surface area contributed by atoms with Crippen molar-refractivity contribution >= 4 is 28.9 Å². The van der Waals surface area contributed by atoms with Crippen molar-refractivity contribution < 1.29 is 9.59 Å². The summed E-state index contributed by atoms with van der Waals surface area (Å²) in [6.45, 7) is 3.43. The predicted molar refractivity (Wildman–Crippen MR) is 103 cm³/mol. The van der Waals surface area contributed by atoms with Crippen molar-refractivity contribution in [2.45, 2.75) is 13.8 Å². The number of hydrogen-bond acceptors (Lipinski definition) is 4. The molecule has 26 heavy (non-hydrogen) atoms. The second kappa shape index (κ2) is 7.61. The van der Waals surface area contributed by atoms with Crippen LogP contribution in [0.4, 0.5) is 17.2 Å². The number of Topliss-reactive ketones (excluding diaryl/α,β-unsaturated/α-hetero) is 1. The Labute approximate surface area is 152 Å². The van der Waals surface area contributed by atoms with Gasteiger partial charge in [0.05, 0.1) is 11.9 Å². The second-order valence-corrected chi connectivity index (χ2v) is 5.96. The summed E-state index contributed by atoms with van der Waals surface area (Å²) in [5, 5.41) is 5.98. The number of aromatic nitrogens is 1. The molecule has 0 bridgehead atoms. The number of aryl methyl sites for hydroxylation is 1. The molecule has 0 saturated heterocycles. The maximum atomic E-state index is 12.3. The minimum Gasteiger partial charge on any atom is -0.354 e. The molecule has 5 heteroatoms. The van der Waals surface area contributed by atoms with E-state index < -0.39 is 0 Å². The van der Waals surface area contributed by atoms with Crippen molar-refractivity contribution in [3.8, 4) is 0 Å². The number of rotatable bonds is 5. The fourth-order valence-corrected chi connectivity index (χ4v) is 2.54. The topological polar surface area (TPSA) is 71.1 Å². The molecule has 130 valence electrons. The molecule has 0 saturated carbocycles. The molecule has 3 rings (SSSR count). The fraction of sp³-hybridized carbons (Fsp3) is 0.0952. The van der Waals surface area contributed by atoms with Crippen molar-refractivity contribution in [1.29, 1.82) is 0 Å². The monoisotopic (exact) mass is 345 g/mol. The molecule has 1 amide bonds. The van der Waals surface area contributed by atoms with Crippen molar-refractivity contribution in [2.24, 2.45) is 0 Å². The van der Waals surface area contributed by atoms with E-state index in [1.165, 1.54) is 6.92 Å². The first-order valence-electron chi connectivity index (χ1n) is 8.24. The van der Waals surface area contributed by atoms with Gasteiger partial charge < -0.3 is 10.6 Å². The number of carbonyl (C=O) groups excluding carboxylic acids is 2. The number of benzene rings is 2. The highest BCUT2D eigenvalue weighted by atomic mass is 16.1. The molecular weight excluding hydrogens is 326 g/mol. The van der Waals surface area contributed by atoms with Gasteiger partial charge in [-0.3, -0.25) is 9.59 Å². The van der Waals surface area contributed by atoms with Gasteiger partial charge in [0, 0.05) is 16.8 Å². The second-order valence-electron chi connectivity index (χ2n) is 5.96. The normalized spacial score (nSPS) is 10.2. The Morgan fingerprint density at radius 2 is 1.73 bits per heavy atom. The Morgan fingerprint density at radius 3 is 2.42 bits per heavy atom. The highest BCUT2D eigenvalue weighted by Gasteiger charge is 2.09. The Hall–Kier alpha value is -3.47. The number of amides is 1. The van der Waals surface area contributed by atoms with Crippen LogP contribution in [0.1, 0.15) is 33.2 Å². The summed E-state index contributed by atoms with van der Waals surface area (Å²) in [6, 6.07) is 18.2. The minimum atomic E-state index is -0.189. The zero-order valence-corrected chi connectivity index (χ0v) is 14.6. The summed E-state index contributed by atoms with van der Waals surface area (Å²) >= 11 is 0. The molecule has 0 fully saturated rings. The van der Waals surface area contributed by atoms with Crippen molar-refractivity contribution in [3.05, 3.63) is 83.6 Å². The average Bonchev–Trinajstić information content (AvgIpc) is 2.64. The van der Waals surface area contributed by atoms with Gasteiger partial charge in [-0.2, -0.15) is 0 Å². The summed E-state index contributed by atoms with van der Waals surface area (Å²) in [6.07, 6.45) is 1.63. The number of hydrogen-bond donors (Lipinski definition) is 2. The summed E-state index contributed by atoms with van der Waals surface area (Å²) < 4.78 is 0. The van der Waals surface area contributed by atoms with Crippen LogP contribution in [-0.2, 0) is 0 Å². The van der Waals surface area contributed by atoms with E-state index in [1.807, 2.05) is 43.3 Å². The Bertz CT molecular complexity index is 949. The van der Waals surface area contributed by atoms with E-state index in [-0.39, 0.29) is 11.7 Å². The average molecular weight is 345 g/mol. The Kier molecular flexibility index (Phi) is 5.08. The van der Waals surface area contributed by atoms with Crippen LogP contribution >= 0.6 is 0 Å². The molecule has 0 atom stereocenters. The molecule has 0 aliphatic carbocycles. The van der Waals surface area contributed by atoms with Crippen LogP contribution in [0.25, 0.3) is 0 Å². The fourth-order valence-electron chi connectivity index (χ4n) is 2.54. The van der Waals surface area contributed by atoms with Crippen molar-refractivity contribution in [1.82, 2.24) is 4.98 Å². The van der Waals surface area contributed by atoms with Crippen LogP contribution in [-0.4, -0.2) is 16.7 Å². The smallest absolute Gasteiger partial charge is 0.257 e. The van der Waals surface area contributed by atoms with Gasteiger partial charge in [0.1, 0.15) is 5.82 Å². The lowest BCUT2D eigenvalue weighted by Crippen LogP contribution is -2.14. The number of pyridine rings is 1. The summed E-state index contributed by atoms with van der Waals surface area (Å²) in [5.41, 5.74) is 3.74. The lowest BCUT2D eigenvalue weighted by Gasteiger charge is -2.09. The van der Waals surface area contributed by atoms with E-state index in [2.05, 4.69) is 15.6 Å².